The lowest BCUT2D eigenvalue weighted by atomic mass is 10.1. The smallest absolute Gasteiger partial charge is 0.181 e. The summed E-state index contributed by atoms with van der Waals surface area (Å²) in [5.41, 5.74) is 15.3. The quantitative estimate of drug-likeness (QED) is 0.724. The molecule has 21 heavy (non-hydrogen) atoms. The number of benzene rings is 2. The van der Waals surface area contributed by atoms with Crippen LogP contribution in [0.4, 0.5) is 10.8 Å². The third-order valence-electron chi connectivity index (χ3n) is 3.18. The first-order valence-electron chi connectivity index (χ1n) is 6.44. The summed E-state index contributed by atoms with van der Waals surface area (Å²) < 4.78 is 5.18. The predicted molar refractivity (Wildman–Crippen MR) is 88.4 cm³/mol. The molecule has 0 saturated heterocycles. The highest BCUT2D eigenvalue weighted by Gasteiger charge is 2.13. The van der Waals surface area contributed by atoms with Gasteiger partial charge in [-0.2, -0.15) is 0 Å². The molecule has 0 aliphatic heterocycles. The molecule has 4 N–H and O–H groups in total. The molecule has 0 aliphatic rings. The zero-order valence-corrected chi connectivity index (χ0v) is 12.4. The fraction of sp³-hybridized carbons (Fsp3) is 0.0625. The molecule has 0 unspecified atom stereocenters. The van der Waals surface area contributed by atoms with Gasteiger partial charge in [-0.15, -0.1) is 0 Å². The van der Waals surface area contributed by atoms with Crippen molar-refractivity contribution in [3.63, 3.8) is 0 Å². The Morgan fingerprint density at radius 2 is 1.52 bits per heavy atom. The van der Waals surface area contributed by atoms with Crippen molar-refractivity contribution in [1.82, 2.24) is 4.98 Å². The normalized spacial score (nSPS) is 10.5. The summed E-state index contributed by atoms with van der Waals surface area (Å²) in [5, 5.41) is 0.549. The van der Waals surface area contributed by atoms with Crippen molar-refractivity contribution in [3.05, 3.63) is 48.5 Å². The molecular formula is C16H15N3OS. The number of hydrogen-bond acceptors (Lipinski definition) is 5. The highest BCUT2D eigenvalue weighted by atomic mass is 32.1. The molecule has 3 aromatic rings. The molecule has 0 aliphatic carbocycles. The average molecular weight is 297 g/mol. The molecule has 106 valence electrons. The van der Waals surface area contributed by atoms with Crippen LogP contribution in [0.3, 0.4) is 0 Å². The van der Waals surface area contributed by atoms with Crippen LogP contribution in [-0.4, -0.2) is 12.1 Å². The number of nitrogens with zero attached hydrogens (tertiary/aromatic N) is 1. The Morgan fingerprint density at radius 3 is 2.14 bits per heavy atom. The van der Waals surface area contributed by atoms with Crippen LogP contribution in [0.1, 0.15) is 0 Å². The maximum Gasteiger partial charge on any atom is 0.181 e. The van der Waals surface area contributed by atoms with Crippen LogP contribution in [0.5, 0.6) is 5.75 Å². The molecule has 0 saturated carbocycles. The van der Waals surface area contributed by atoms with E-state index >= 15 is 0 Å². The van der Waals surface area contributed by atoms with E-state index in [0.717, 1.165) is 33.1 Å². The van der Waals surface area contributed by atoms with E-state index in [-0.39, 0.29) is 0 Å². The van der Waals surface area contributed by atoms with Gasteiger partial charge in [0.1, 0.15) is 5.75 Å². The Morgan fingerprint density at radius 1 is 0.905 bits per heavy atom. The number of ether oxygens (including phenoxy) is 1. The second kappa shape index (κ2) is 5.46. The number of anilines is 2. The third kappa shape index (κ3) is 2.68. The zero-order chi connectivity index (χ0) is 14.8. The summed E-state index contributed by atoms with van der Waals surface area (Å²) >= 11 is 1.47. The fourth-order valence-electron chi connectivity index (χ4n) is 2.11. The van der Waals surface area contributed by atoms with Crippen LogP contribution in [0.15, 0.2) is 48.5 Å². The molecule has 1 aromatic heterocycles. The zero-order valence-electron chi connectivity index (χ0n) is 11.5. The SMILES string of the molecule is COc1ccc(-c2nc(N)sc2-c2ccc(N)cc2)cc1. The van der Waals surface area contributed by atoms with Gasteiger partial charge in [-0.25, -0.2) is 4.98 Å². The minimum Gasteiger partial charge on any atom is -0.497 e. The molecule has 2 aromatic carbocycles. The summed E-state index contributed by atoms with van der Waals surface area (Å²) in [5.74, 6) is 0.816. The van der Waals surface area contributed by atoms with Gasteiger partial charge in [0.2, 0.25) is 0 Å². The van der Waals surface area contributed by atoms with E-state index < -0.39 is 0 Å². The Bertz CT molecular complexity index is 748. The van der Waals surface area contributed by atoms with Crippen LogP contribution >= 0.6 is 11.3 Å². The van der Waals surface area contributed by atoms with Gasteiger partial charge >= 0.3 is 0 Å². The fourth-order valence-corrected chi connectivity index (χ4v) is 2.97. The van der Waals surface area contributed by atoms with Crippen LogP contribution in [-0.2, 0) is 0 Å². The number of nitrogens with two attached hydrogens (primary N) is 2. The first-order chi connectivity index (χ1) is 10.2. The van der Waals surface area contributed by atoms with Crippen molar-refractivity contribution < 1.29 is 4.74 Å². The molecule has 4 nitrogen and oxygen atoms in total. The van der Waals surface area contributed by atoms with Crippen molar-refractivity contribution in [2.24, 2.45) is 0 Å². The number of methoxy groups -OCH3 is 1. The minimum absolute atomic E-state index is 0.549. The minimum atomic E-state index is 0.549. The maximum atomic E-state index is 5.90. The highest BCUT2D eigenvalue weighted by molar-refractivity contribution is 7.19. The Hall–Kier alpha value is -2.53. The van der Waals surface area contributed by atoms with Crippen LogP contribution < -0.4 is 16.2 Å². The van der Waals surface area contributed by atoms with E-state index in [9.17, 15) is 0 Å². The molecule has 0 atom stereocenters. The van der Waals surface area contributed by atoms with Gasteiger partial charge in [0.25, 0.3) is 0 Å². The van der Waals surface area contributed by atoms with Gasteiger partial charge in [-0.05, 0) is 42.0 Å². The molecule has 1 heterocycles. The van der Waals surface area contributed by atoms with Gasteiger partial charge in [0.05, 0.1) is 17.7 Å². The molecule has 5 heteroatoms. The number of aromatic nitrogens is 1. The van der Waals surface area contributed by atoms with Gasteiger partial charge in [0, 0.05) is 11.3 Å². The van der Waals surface area contributed by atoms with E-state index in [4.69, 9.17) is 16.2 Å². The van der Waals surface area contributed by atoms with Crippen molar-refractivity contribution in [1.29, 1.82) is 0 Å². The molecule has 0 bridgehead atoms. The Balaban J connectivity index is 2.08. The summed E-state index contributed by atoms with van der Waals surface area (Å²) in [6.45, 7) is 0. The lowest BCUT2D eigenvalue weighted by Crippen LogP contribution is -1.87. The summed E-state index contributed by atoms with van der Waals surface area (Å²) in [6, 6.07) is 15.5. The van der Waals surface area contributed by atoms with Crippen molar-refractivity contribution >= 4 is 22.2 Å². The van der Waals surface area contributed by atoms with Crippen molar-refractivity contribution in [2.45, 2.75) is 0 Å². The number of thiazole rings is 1. The van der Waals surface area contributed by atoms with E-state index in [1.54, 1.807) is 7.11 Å². The van der Waals surface area contributed by atoms with Gasteiger partial charge in [0.15, 0.2) is 5.13 Å². The van der Waals surface area contributed by atoms with Gasteiger partial charge in [-0.3, -0.25) is 0 Å². The lowest BCUT2D eigenvalue weighted by molar-refractivity contribution is 0.415. The largest absolute Gasteiger partial charge is 0.497 e. The number of rotatable bonds is 3. The Kier molecular flexibility index (Phi) is 3.50. The second-order valence-electron chi connectivity index (χ2n) is 4.58. The molecule has 0 radical (unpaired) electrons. The van der Waals surface area contributed by atoms with Crippen molar-refractivity contribution in [3.8, 4) is 27.4 Å². The highest BCUT2D eigenvalue weighted by Crippen LogP contribution is 2.38. The van der Waals surface area contributed by atoms with E-state index in [2.05, 4.69) is 4.98 Å². The first kappa shape index (κ1) is 13.5. The third-order valence-corrected chi connectivity index (χ3v) is 4.11. The van der Waals surface area contributed by atoms with E-state index in [0.29, 0.717) is 5.13 Å². The van der Waals surface area contributed by atoms with E-state index in [1.165, 1.54) is 11.3 Å². The predicted octanol–water partition coefficient (Wildman–Crippen LogP) is 3.65. The summed E-state index contributed by atoms with van der Waals surface area (Å²) in [7, 11) is 1.65. The van der Waals surface area contributed by atoms with Crippen molar-refractivity contribution in [2.75, 3.05) is 18.6 Å². The first-order valence-corrected chi connectivity index (χ1v) is 7.25. The van der Waals surface area contributed by atoms with Crippen LogP contribution in [0.2, 0.25) is 0 Å². The molecule has 3 rings (SSSR count). The van der Waals surface area contributed by atoms with Gasteiger partial charge in [-0.1, -0.05) is 23.5 Å². The summed E-state index contributed by atoms with van der Waals surface area (Å²) in [4.78, 5) is 5.50. The molecular weight excluding hydrogens is 282 g/mol. The topological polar surface area (TPSA) is 74.2 Å². The number of hydrogen-bond donors (Lipinski definition) is 2. The monoisotopic (exact) mass is 297 g/mol. The average Bonchev–Trinajstić information content (AvgIpc) is 2.90. The summed E-state index contributed by atoms with van der Waals surface area (Å²) in [6.07, 6.45) is 0. The molecule has 0 fully saturated rings. The molecule has 0 amide bonds. The standard InChI is InChI=1S/C16H15N3OS/c1-20-13-8-4-10(5-9-13)14-15(21-16(18)19-14)11-2-6-12(17)7-3-11/h2-9H,17H2,1H3,(H2,18,19). The molecule has 0 spiro atoms. The van der Waals surface area contributed by atoms with Crippen LogP contribution in [0, 0.1) is 0 Å². The van der Waals surface area contributed by atoms with Crippen LogP contribution in [0.25, 0.3) is 21.7 Å². The Labute approximate surface area is 127 Å². The second-order valence-corrected chi connectivity index (χ2v) is 5.61. The van der Waals surface area contributed by atoms with E-state index in [1.807, 2.05) is 48.5 Å². The lowest BCUT2D eigenvalue weighted by Gasteiger charge is -2.05. The maximum absolute atomic E-state index is 5.90. The number of nitrogen functional groups attached to an aromatic ring is 2. The van der Waals surface area contributed by atoms with Gasteiger partial charge < -0.3 is 16.2 Å².